The van der Waals surface area contributed by atoms with E-state index in [0.717, 1.165) is 19.5 Å². The van der Waals surface area contributed by atoms with Crippen LogP contribution in [0, 0.1) is 11.3 Å². The highest BCUT2D eigenvalue weighted by Crippen LogP contribution is 2.43. The summed E-state index contributed by atoms with van der Waals surface area (Å²) in [5, 5.41) is 3.26. The van der Waals surface area contributed by atoms with Crippen molar-refractivity contribution in [3.05, 3.63) is 0 Å². The summed E-state index contributed by atoms with van der Waals surface area (Å²) in [6.45, 7) is 9.96. The van der Waals surface area contributed by atoms with Crippen LogP contribution < -0.4 is 5.32 Å². The summed E-state index contributed by atoms with van der Waals surface area (Å²) in [7, 11) is -2.88. The molecule has 0 radical (unpaired) electrons. The van der Waals surface area contributed by atoms with Crippen molar-refractivity contribution < 1.29 is 8.42 Å². The number of nitrogens with one attached hydrogen (secondary N) is 1. The van der Waals surface area contributed by atoms with Crippen LogP contribution in [-0.2, 0) is 9.84 Å². The van der Waals surface area contributed by atoms with Crippen molar-refractivity contribution in [3.8, 4) is 0 Å². The molecule has 3 nitrogen and oxygen atoms in total. The second-order valence-electron chi connectivity index (χ2n) is 6.54. The summed E-state index contributed by atoms with van der Waals surface area (Å²) in [6.07, 6.45) is 4.46. The minimum atomic E-state index is -2.88. The smallest absolute Gasteiger partial charge is 0.152 e. The lowest BCUT2D eigenvalue weighted by Gasteiger charge is -2.42. The van der Waals surface area contributed by atoms with Gasteiger partial charge in [-0.3, -0.25) is 0 Å². The maximum absolute atomic E-state index is 11.9. The standard InChI is InChI=1S/C14H29NO2S/c1-12(2)10-15-11-14(6-5-7-14)8-9-18(16,17)13(3)4/h12-13,15H,5-11H2,1-4H3. The zero-order chi connectivity index (χ0) is 13.8. The number of hydrogen-bond donors (Lipinski definition) is 1. The third-order valence-electron chi connectivity index (χ3n) is 4.10. The van der Waals surface area contributed by atoms with Gasteiger partial charge in [-0.25, -0.2) is 8.42 Å². The lowest BCUT2D eigenvalue weighted by atomic mass is 9.67. The summed E-state index contributed by atoms with van der Waals surface area (Å²) < 4.78 is 23.8. The lowest BCUT2D eigenvalue weighted by molar-refractivity contribution is 0.124. The van der Waals surface area contributed by atoms with E-state index in [1.165, 1.54) is 19.3 Å². The Hall–Kier alpha value is -0.0900. The van der Waals surface area contributed by atoms with Gasteiger partial charge < -0.3 is 5.32 Å². The van der Waals surface area contributed by atoms with Crippen molar-refractivity contribution in [3.63, 3.8) is 0 Å². The first-order chi connectivity index (χ1) is 8.27. The molecule has 1 rings (SSSR count). The molecule has 0 aromatic heterocycles. The third kappa shape index (κ3) is 4.54. The zero-order valence-electron chi connectivity index (χ0n) is 12.3. The Morgan fingerprint density at radius 2 is 1.78 bits per heavy atom. The summed E-state index contributed by atoms with van der Waals surface area (Å²) in [5.41, 5.74) is 0.261. The first-order valence-electron chi connectivity index (χ1n) is 7.20. The van der Waals surface area contributed by atoms with E-state index in [9.17, 15) is 8.42 Å². The van der Waals surface area contributed by atoms with E-state index in [2.05, 4.69) is 19.2 Å². The van der Waals surface area contributed by atoms with Crippen LogP contribution in [0.5, 0.6) is 0 Å². The molecule has 0 heterocycles. The second kappa shape index (κ2) is 6.38. The Bertz CT molecular complexity index is 343. The van der Waals surface area contributed by atoms with Gasteiger partial charge in [0.05, 0.1) is 11.0 Å². The fourth-order valence-corrected chi connectivity index (χ4v) is 3.60. The normalized spacial score (nSPS) is 19.2. The predicted molar refractivity (Wildman–Crippen MR) is 77.5 cm³/mol. The van der Waals surface area contributed by atoms with Gasteiger partial charge >= 0.3 is 0 Å². The van der Waals surface area contributed by atoms with Crippen LogP contribution in [0.2, 0.25) is 0 Å². The van der Waals surface area contributed by atoms with Gasteiger partial charge in [0.2, 0.25) is 0 Å². The highest BCUT2D eigenvalue weighted by Gasteiger charge is 2.37. The molecule has 0 aromatic rings. The van der Waals surface area contributed by atoms with Gasteiger partial charge in [0.25, 0.3) is 0 Å². The highest BCUT2D eigenvalue weighted by molar-refractivity contribution is 7.91. The molecule has 1 fully saturated rings. The minimum Gasteiger partial charge on any atom is -0.316 e. The average molecular weight is 275 g/mol. The average Bonchev–Trinajstić information content (AvgIpc) is 2.20. The van der Waals surface area contributed by atoms with Crippen molar-refractivity contribution in [2.24, 2.45) is 11.3 Å². The van der Waals surface area contributed by atoms with Gasteiger partial charge in [-0.15, -0.1) is 0 Å². The number of rotatable bonds is 8. The van der Waals surface area contributed by atoms with E-state index in [4.69, 9.17) is 0 Å². The molecule has 1 aliphatic carbocycles. The lowest BCUT2D eigenvalue weighted by Crippen LogP contribution is -2.42. The van der Waals surface area contributed by atoms with Gasteiger partial charge in [-0.05, 0) is 51.0 Å². The van der Waals surface area contributed by atoms with E-state index in [1.54, 1.807) is 13.8 Å². The quantitative estimate of drug-likeness (QED) is 0.740. The first-order valence-corrected chi connectivity index (χ1v) is 8.91. The molecule has 0 spiro atoms. The van der Waals surface area contributed by atoms with Crippen LogP contribution in [0.3, 0.4) is 0 Å². The van der Waals surface area contributed by atoms with Crippen molar-refractivity contribution in [2.45, 2.75) is 58.6 Å². The molecule has 0 aromatic carbocycles. The van der Waals surface area contributed by atoms with Gasteiger partial charge in [-0.2, -0.15) is 0 Å². The van der Waals surface area contributed by atoms with Crippen LogP contribution in [0.1, 0.15) is 53.4 Å². The van der Waals surface area contributed by atoms with E-state index < -0.39 is 9.84 Å². The Kier molecular flexibility index (Phi) is 5.66. The first kappa shape index (κ1) is 16.0. The fraction of sp³-hybridized carbons (Fsp3) is 1.00. The van der Waals surface area contributed by atoms with E-state index in [-0.39, 0.29) is 10.7 Å². The molecular weight excluding hydrogens is 246 g/mol. The maximum Gasteiger partial charge on any atom is 0.152 e. The van der Waals surface area contributed by atoms with Crippen molar-refractivity contribution in [1.82, 2.24) is 5.32 Å². The SMILES string of the molecule is CC(C)CNCC1(CCS(=O)(=O)C(C)C)CCC1. The minimum absolute atomic E-state index is 0.238. The molecule has 1 N–H and O–H groups in total. The Morgan fingerprint density at radius 3 is 2.17 bits per heavy atom. The molecule has 18 heavy (non-hydrogen) atoms. The van der Waals surface area contributed by atoms with Crippen molar-refractivity contribution in [1.29, 1.82) is 0 Å². The Morgan fingerprint density at radius 1 is 1.17 bits per heavy atom. The van der Waals surface area contributed by atoms with E-state index in [1.807, 2.05) is 0 Å². The largest absolute Gasteiger partial charge is 0.316 e. The summed E-state index contributed by atoms with van der Waals surface area (Å²) in [4.78, 5) is 0. The molecule has 0 bridgehead atoms. The Balaban J connectivity index is 2.41. The van der Waals surface area contributed by atoms with Crippen molar-refractivity contribution in [2.75, 3.05) is 18.8 Å². The van der Waals surface area contributed by atoms with Crippen LogP contribution in [0.4, 0.5) is 0 Å². The third-order valence-corrected chi connectivity index (χ3v) is 6.31. The summed E-state index contributed by atoms with van der Waals surface area (Å²) in [5.74, 6) is 1.01. The molecule has 0 atom stereocenters. The van der Waals surface area contributed by atoms with Gasteiger partial charge in [0.1, 0.15) is 0 Å². The molecule has 1 saturated carbocycles. The maximum atomic E-state index is 11.9. The summed E-state index contributed by atoms with van der Waals surface area (Å²) >= 11 is 0. The van der Waals surface area contributed by atoms with Crippen LogP contribution in [-0.4, -0.2) is 32.5 Å². The van der Waals surface area contributed by atoms with Crippen LogP contribution in [0.25, 0.3) is 0 Å². The van der Waals surface area contributed by atoms with Gasteiger partial charge in [0, 0.05) is 6.54 Å². The highest BCUT2D eigenvalue weighted by atomic mass is 32.2. The second-order valence-corrected chi connectivity index (χ2v) is 9.22. The number of sulfone groups is 1. The molecule has 0 saturated heterocycles. The zero-order valence-corrected chi connectivity index (χ0v) is 13.1. The molecule has 0 unspecified atom stereocenters. The monoisotopic (exact) mass is 275 g/mol. The van der Waals surface area contributed by atoms with Crippen LogP contribution >= 0.6 is 0 Å². The van der Waals surface area contributed by atoms with E-state index in [0.29, 0.717) is 11.7 Å². The van der Waals surface area contributed by atoms with Gasteiger partial charge in [0.15, 0.2) is 9.84 Å². The molecular formula is C14H29NO2S. The molecule has 0 amide bonds. The van der Waals surface area contributed by atoms with Crippen molar-refractivity contribution >= 4 is 9.84 Å². The van der Waals surface area contributed by atoms with Crippen LogP contribution in [0.15, 0.2) is 0 Å². The molecule has 1 aliphatic rings. The molecule has 0 aliphatic heterocycles. The van der Waals surface area contributed by atoms with Gasteiger partial charge in [-0.1, -0.05) is 20.3 Å². The summed E-state index contributed by atoms with van der Waals surface area (Å²) in [6, 6.07) is 0. The predicted octanol–water partition coefficient (Wildman–Crippen LogP) is 2.62. The number of hydrogen-bond acceptors (Lipinski definition) is 3. The fourth-order valence-electron chi connectivity index (χ4n) is 2.41. The van der Waals surface area contributed by atoms with E-state index >= 15 is 0 Å². The Labute approximate surface area is 113 Å². The molecule has 108 valence electrons. The topological polar surface area (TPSA) is 46.2 Å². The molecule has 4 heteroatoms.